The largest absolute Gasteiger partial charge is 0.319 e. The number of anilines is 1. The number of amides is 1. The van der Waals surface area contributed by atoms with Crippen LogP contribution in [0.25, 0.3) is 17.1 Å². The molecule has 4 aromatic rings. The number of nitrogens with zero attached hydrogens (tertiary/aromatic N) is 3. The number of hydrogen-bond acceptors (Lipinski definition) is 3. The molecule has 138 valence electrons. The van der Waals surface area contributed by atoms with E-state index in [-0.39, 0.29) is 11.7 Å². The maximum Gasteiger partial charge on any atom is 0.295 e. The number of carbonyl (C=O) groups is 1. The quantitative estimate of drug-likeness (QED) is 0.478. The van der Waals surface area contributed by atoms with Crippen molar-refractivity contribution in [1.82, 2.24) is 14.8 Å². The Hall–Kier alpha value is -3.25. The van der Waals surface area contributed by atoms with Crippen molar-refractivity contribution in [3.63, 3.8) is 0 Å². The van der Waals surface area contributed by atoms with E-state index in [2.05, 4.69) is 31.3 Å². The molecule has 1 aromatic heterocycles. The predicted octanol–water partition coefficient (Wildman–Crippen LogP) is 5.26. The van der Waals surface area contributed by atoms with E-state index in [1.807, 2.05) is 85.8 Å². The molecule has 1 heterocycles. The maximum atomic E-state index is 12.7. The second-order valence-electron chi connectivity index (χ2n) is 6.34. The highest BCUT2D eigenvalue weighted by Gasteiger charge is 2.19. The van der Waals surface area contributed by atoms with Gasteiger partial charge in [0.05, 0.1) is 5.69 Å². The molecule has 0 spiro atoms. The van der Waals surface area contributed by atoms with Crippen molar-refractivity contribution in [1.29, 1.82) is 0 Å². The van der Waals surface area contributed by atoms with Crippen LogP contribution < -0.4 is 5.32 Å². The van der Waals surface area contributed by atoms with Gasteiger partial charge in [0, 0.05) is 15.7 Å². The molecule has 0 unspecified atom stereocenters. The first kappa shape index (κ1) is 18.1. The Morgan fingerprint density at radius 2 is 1.71 bits per heavy atom. The Bertz CT molecular complexity index is 1120. The van der Waals surface area contributed by atoms with E-state index in [4.69, 9.17) is 0 Å². The van der Waals surface area contributed by atoms with Gasteiger partial charge in [-0.25, -0.2) is 9.67 Å². The van der Waals surface area contributed by atoms with Gasteiger partial charge in [0.1, 0.15) is 0 Å². The number of aromatic nitrogens is 3. The minimum atomic E-state index is -0.360. The molecule has 6 heteroatoms. The van der Waals surface area contributed by atoms with Gasteiger partial charge >= 0.3 is 0 Å². The van der Waals surface area contributed by atoms with Crippen LogP contribution in [0.3, 0.4) is 0 Å². The zero-order valence-corrected chi connectivity index (χ0v) is 16.7. The monoisotopic (exact) mass is 432 g/mol. The number of rotatable bonds is 4. The fourth-order valence-corrected chi connectivity index (χ4v) is 3.20. The summed E-state index contributed by atoms with van der Waals surface area (Å²) in [6.07, 6.45) is 0. The summed E-state index contributed by atoms with van der Waals surface area (Å²) < 4.78 is 2.58. The maximum absolute atomic E-state index is 12.7. The third-order valence-electron chi connectivity index (χ3n) is 4.20. The molecular formula is C22H17BrN4O. The van der Waals surface area contributed by atoms with E-state index >= 15 is 0 Å². The van der Waals surface area contributed by atoms with Crippen LogP contribution >= 0.6 is 15.9 Å². The second-order valence-corrected chi connectivity index (χ2v) is 7.25. The van der Waals surface area contributed by atoms with Crippen molar-refractivity contribution in [3.05, 3.63) is 94.7 Å². The summed E-state index contributed by atoms with van der Waals surface area (Å²) in [6, 6.07) is 25.0. The van der Waals surface area contributed by atoms with Gasteiger partial charge in [-0.05, 0) is 37.3 Å². The van der Waals surface area contributed by atoms with Gasteiger partial charge in [-0.2, -0.15) is 0 Å². The van der Waals surface area contributed by atoms with Crippen molar-refractivity contribution in [2.45, 2.75) is 6.92 Å². The molecular weight excluding hydrogens is 416 g/mol. The van der Waals surface area contributed by atoms with Crippen LogP contribution in [0, 0.1) is 6.92 Å². The first-order valence-electron chi connectivity index (χ1n) is 8.76. The Balaban J connectivity index is 1.74. The summed E-state index contributed by atoms with van der Waals surface area (Å²) in [5.74, 6) is 0.365. The van der Waals surface area contributed by atoms with E-state index in [0.29, 0.717) is 11.5 Å². The summed E-state index contributed by atoms with van der Waals surface area (Å²) in [6.45, 7) is 2.03. The third kappa shape index (κ3) is 3.87. The fourth-order valence-electron chi connectivity index (χ4n) is 2.80. The molecule has 1 amide bonds. The average Bonchev–Trinajstić information content (AvgIpc) is 3.15. The van der Waals surface area contributed by atoms with Crippen molar-refractivity contribution in [3.8, 4) is 17.1 Å². The third-order valence-corrected chi connectivity index (χ3v) is 4.70. The zero-order valence-electron chi connectivity index (χ0n) is 15.1. The van der Waals surface area contributed by atoms with Gasteiger partial charge in [-0.15, -0.1) is 5.10 Å². The first-order chi connectivity index (χ1) is 13.6. The summed E-state index contributed by atoms with van der Waals surface area (Å²) in [5.41, 5.74) is 3.56. The average molecular weight is 433 g/mol. The highest BCUT2D eigenvalue weighted by atomic mass is 79.9. The molecule has 28 heavy (non-hydrogen) atoms. The van der Waals surface area contributed by atoms with Gasteiger partial charge < -0.3 is 5.32 Å². The molecule has 3 aromatic carbocycles. The van der Waals surface area contributed by atoms with E-state index in [1.165, 1.54) is 0 Å². The molecule has 0 radical (unpaired) electrons. The molecule has 0 fully saturated rings. The zero-order chi connectivity index (χ0) is 19.5. The van der Waals surface area contributed by atoms with Crippen molar-refractivity contribution in [2.24, 2.45) is 0 Å². The summed E-state index contributed by atoms with van der Waals surface area (Å²) in [5, 5.41) is 7.33. The summed E-state index contributed by atoms with van der Waals surface area (Å²) >= 11 is 3.40. The summed E-state index contributed by atoms with van der Waals surface area (Å²) in [4.78, 5) is 17.3. The van der Waals surface area contributed by atoms with Gasteiger partial charge in [0.25, 0.3) is 5.91 Å². The molecule has 5 nitrogen and oxygen atoms in total. The Kier molecular flexibility index (Phi) is 5.04. The van der Waals surface area contributed by atoms with Crippen LogP contribution in [0.5, 0.6) is 0 Å². The van der Waals surface area contributed by atoms with Gasteiger partial charge in [-0.1, -0.05) is 70.0 Å². The highest BCUT2D eigenvalue weighted by Crippen LogP contribution is 2.22. The second kappa shape index (κ2) is 7.78. The topological polar surface area (TPSA) is 59.8 Å². The number of carbonyl (C=O) groups excluding carboxylic acids is 1. The predicted molar refractivity (Wildman–Crippen MR) is 114 cm³/mol. The lowest BCUT2D eigenvalue weighted by Gasteiger charge is -2.06. The van der Waals surface area contributed by atoms with Crippen molar-refractivity contribution in [2.75, 3.05) is 5.32 Å². The molecule has 4 rings (SSSR count). The lowest BCUT2D eigenvalue weighted by atomic mass is 10.2. The lowest BCUT2D eigenvalue weighted by Crippen LogP contribution is -2.14. The van der Waals surface area contributed by atoms with Crippen LogP contribution in [-0.4, -0.2) is 20.7 Å². The van der Waals surface area contributed by atoms with Crippen LogP contribution in [0.2, 0.25) is 0 Å². The van der Waals surface area contributed by atoms with Crippen molar-refractivity contribution < 1.29 is 4.79 Å². The number of hydrogen-bond donors (Lipinski definition) is 1. The molecule has 0 bridgehead atoms. The van der Waals surface area contributed by atoms with E-state index in [0.717, 1.165) is 21.3 Å². The molecule has 0 aliphatic heterocycles. The fraction of sp³-hybridized carbons (Fsp3) is 0.0455. The van der Waals surface area contributed by atoms with Crippen LogP contribution in [0.4, 0.5) is 5.69 Å². The number of halogens is 1. The number of aryl methyl sites for hydroxylation is 1. The minimum Gasteiger partial charge on any atom is -0.319 e. The Morgan fingerprint density at radius 3 is 2.43 bits per heavy atom. The van der Waals surface area contributed by atoms with E-state index in [1.54, 1.807) is 4.68 Å². The van der Waals surface area contributed by atoms with Gasteiger partial charge in [0.2, 0.25) is 5.82 Å². The Labute approximate surface area is 171 Å². The molecule has 0 aliphatic rings. The number of benzene rings is 3. The molecule has 0 aliphatic carbocycles. The number of nitrogens with one attached hydrogen (secondary N) is 1. The standard InChI is InChI=1S/C22H17BrN4O/c1-15-10-12-19(13-11-15)27-21(16-6-3-2-4-7-16)25-20(26-27)22(28)24-18-9-5-8-17(23)14-18/h2-14H,1H3,(H,24,28). The molecule has 0 saturated heterocycles. The molecule has 1 N–H and O–H groups in total. The van der Waals surface area contributed by atoms with Crippen LogP contribution in [0.15, 0.2) is 83.3 Å². The smallest absolute Gasteiger partial charge is 0.295 e. The van der Waals surface area contributed by atoms with Gasteiger partial charge in [0.15, 0.2) is 5.82 Å². The normalized spacial score (nSPS) is 10.6. The summed E-state index contributed by atoms with van der Waals surface area (Å²) in [7, 11) is 0. The van der Waals surface area contributed by atoms with E-state index < -0.39 is 0 Å². The highest BCUT2D eigenvalue weighted by molar-refractivity contribution is 9.10. The molecule has 0 saturated carbocycles. The lowest BCUT2D eigenvalue weighted by molar-refractivity contribution is 0.101. The van der Waals surface area contributed by atoms with Gasteiger partial charge in [-0.3, -0.25) is 4.79 Å². The SMILES string of the molecule is Cc1ccc(-n2nc(C(=O)Nc3cccc(Br)c3)nc2-c2ccccc2)cc1. The Morgan fingerprint density at radius 1 is 0.964 bits per heavy atom. The first-order valence-corrected chi connectivity index (χ1v) is 9.56. The van der Waals surface area contributed by atoms with Crippen LogP contribution in [-0.2, 0) is 0 Å². The molecule has 0 atom stereocenters. The minimum absolute atomic E-state index is 0.111. The van der Waals surface area contributed by atoms with Crippen LogP contribution in [0.1, 0.15) is 16.2 Å². The van der Waals surface area contributed by atoms with E-state index in [9.17, 15) is 4.79 Å². The van der Waals surface area contributed by atoms with Crippen molar-refractivity contribution >= 4 is 27.5 Å².